The number of rotatable bonds is 2. The molecule has 0 bridgehead atoms. The highest BCUT2D eigenvalue weighted by Gasteiger charge is 2.21. The van der Waals surface area contributed by atoms with Crippen molar-refractivity contribution in [2.24, 2.45) is 0 Å². The van der Waals surface area contributed by atoms with Crippen molar-refractivity contribution in [3.8, 4) is 11.4 Å². The normalized spacial score (nSPS) is 11.9. The molecule has 42 heavy (non-hydrogen) atoms. The third-order valence-electron chi connectivity index (χ3n) is 8.57. The molecule has 0 N–H and O–H groups in total. The first-order valence-corrected chi connectivity index (χ1v) is 14.1. The van der Waals surface area contributed by atoms with Crippen molar-refractivity contribution in [3.63, 3.8) is 0 Å². The van der Waals surface area contributed by atoms with Gasteiger partial charge in [-0.2, -0.15) is 0 Å². The smallest absolute Gasteiger partial charge is 0.188 e. The minimum absolute atomic E-state index is 0.642. The lowest BCUT2D eigenvalue weighted by Crippen LogP contribution is -1.95. The van der Waals surface area contributed by atoms with Crippen LogP contribution in [0.15, 0.2) is 126 Å². The average molecular weight is 538 g/mol. The van der Waals surface area contributed by atoms with Gasteiger partial charge in [-0.1, -0.05) is 72.3 Å². The van der Waals surface area contributed by atoms with E-state index in [-0.39, 0.29) is 0 Å². The van der Waals surface area contributed by atoms with Crippen LogP contribution in [-0.4, -0.2) is 9.13 Å². The number of para-hydroxylation sites is 3. The zero-order valence-corrected chi connectivity index (χ0v) is 22.8. The van der Waals surface area contributed by atoms with Gasteiger partial charge in [0.2, 0.25) is 0 Å². The van der Waals surface area contributed by atoms with E-state index in [1.165, 1.54) is 16.3 Å². The summed E-state index contributed by atoms with van der Waals surface area (Å²) in [6.07, 6.45) is 0. The van der Waals surface area contributed by atoms with Gasteiger partial charge in [0.1, 0.15) is 5.58 Å². The molecule has 0 radical (unpaired) electrons. The van der Waals surface area contributed by atoms with Gasteiger partial charge in [0.05, 0.1) is 45.4 Å². The summed E-state index contributed by atoms with van der Waals surface area (Å²) in [5.74, 6) is 0. The largest absolute Gasteiger partial charge is 0.454 e. The van der Waals surface area contributed by atoms with Gasteiger partial charge in [-0.25, -0.2) is 4.85 Å². The molecule has 4 heteroatoms. The SMILES string of the molecule is [C-]#[N+]c1ccc2c(c1)c1ccccc1n2-c1cccc2oc3c(-n4c5ccccc5c5cc(C)ccc54)cccc3c12. The van der Waals surface area contributed by atoms with Crippen LogP contribution in [0.1, 0.15) is 5.56 Å². The van der Waals surface area contributed by atoms with Gasteiger partial charge in [0.15, 0.2) is 11.3 Å². The second-order valence-electron chi connectivity index (χ2n) is 10.9. The van der Waals surface area contributed by atoms with E-state index in [0.29, 0.717) is 5.69 Å². The van der Waals surface area contributed by atoms with E-state index in [0.717, 1.165) is 66.2 Å². The molecular formula is C38H23N3O. The monoisotopic (exact) mass is 537 g/mol. The molecular weight excluding hydrogens is 514 g/mol. The first-order chi connectivity index (χ1) is 20.7. The molecule has 0 saturated carbocycles. The number of benzene rings is 6. The number of furan rings is 1. The average Bonchev–Trinajstić information content (AvgIpc) is 3.68. The van der Waals surface area contributed by atoms with Gasteiger partial charge in [-0.15, -0.1) is 0 Å². The Balaban J connectivity index is 1.40. The first kappa shape index (κ1) is 23.0. The van der Waals surface area contributed by atoms with Crippen molar-refractivity contribution in [2.45, 2.75) is 6.92 Å². The number of fused-ring (bicyclic) bond motifs is 9. The van der Waals surface area contributed by atoms with Crippen LogP contribution in [0.3, 0.4) is 0 Å². The Morgan fingerprint density at radius 3 is 1.90 bits per heavy atom. The Kier molecular flexibility index (Phi) is 4.57. The van der Waals surface area contributed by atoms with Crippen LogP contribution in [0.4, 0.5) is 5.69 Å². The van der Waals surface area contributed by atoms with E-state index >= 15 is 0 Å². The van der Waals surface area contributed by atoms with Crippen molar-refractivity contribution >= 4 is 71.2 Å². The number of hydrogen-bond donors (Lipinski definition) is 0. The fourth-order valence-corrected chi connectivity index (χ4v) is 6.81. The minimum Gasteiger partial charge on any atom is -0.454 e. The van der Waals surface area contributed by atoms with Crippen molar-refractivity contribution in [1.82, 2.24) is 9.13 Å². The highest BCUT2D eigenvalue weighted by Crippen LogP contribution is 2.42. The second-order valence-corrected chi connectivity index (χ2v) is 10.9. The lowest BCUT2D eigenvalue weighted by molar-refractivity contribution is 0.666. The van der Waals surface area contributed by atoms with Crippen LogP contribution >= 0.6 is 0 Å². The molecule has 0 atom stereocenters. The number of aryl methyl sites for hydroxylation is 1. The van der Waals surface area contributed by atoms with Crippen molar-refractivity contribution in [1.29, 1.82) is 0 Å². The van der Waals surface area contributed by atoms with Crippen LogP contribution in [0.5, 0.6) is 0 Å². The summed E-state index contributed by atoms with van der Waals surface area (Å²) in [5, 5.41) is 6.81. The fourth-order valence-electron chi connectivity index (χ4n) is 6.81. The van der Waals surface area contributed by atoms with Gasteiger partial charge in [-0.05, 0) is 66.9 Å². The molecule has 9 aromatic rings. The topological polar surface area (TPSA) is 27.4 Å². The maximum atomic E-state index is 7.57. The molecule has 0 saturated heterocycles. The Morgan fingerprint density at radius 2 is 1.14 bits per heavy atom. The van der Waals surface area contributed by atoms with Gasteiger partial charge in [0, 0.05) is 21.5 Å². The summed E-state index contributed by atoms with van der Waals surface area (Å²) < 4.78 is 11.4. The van der Waals surface area contributed by atoms with Gasteiger partial charge < -0.3 is 13.6 Å². The quantitative estimate of drug-likeness (QED) is 0.202. The second kappa shape index (κ2) is 8.36. The predicted molar refractivity (Wildman–Crippen MR) is 173 cm³/mol. The molecule has 0 aliphatic carbocycles. The van der Waals surface area contributed by atoms with Crippen LogP contribution < -0.4 is 0 Å². The molecule has 9 rings (SSSR count). The van der Waals surface area contributed by atoms with E-state index < -0.39 is 0 Å². The Bertz CT molecular complexity index is 2600. The highest BCUT2D eigenvalue weighted by molar-refractivity contribution is 6.17. The van der Waals surface area contributed by atoms with E-state index in [1.54, 1.807) is 0 Å². The summed E-state index contributed by atoms with van der Waals surface area (Å²) in [4.78, 5) is 3.70. The molecule has 3 heterocycles. The summed E-state index contributed by atoms with van der Waals surface area (Å²) in [6, 6.07) is 42.4. The lowest BCUT2D eigenvalue weighted by Gasteiger charge is -2.10. The number of hydrogen-bond acceptors (Lipinski definition) is 1. The third-order valence-corrected chi connectivity index (χ3v) is 8.57. The molecule has 196 valence electrons. The summed E-state index contributed by atoms with van der Waals surface area (Å²) in [5.41, 5.74) is 10.2. The predicted octanol–water partition coefficient (Wildman–Crippen LogP) is 10.6. The summed E-state index contributed by atoms with van der Waals surface area (Å²) in [6.45, 7) is 9.71. The molecule has 0 spiro atoms. The molecule has 4 nitrogen and oxygen atoms in total. The van der Waals surface area contributed by atoms with Crippen LogP contribution in [0.25, 0.3) is 81.8 Å². The fraction of sp³-hybridized carbons (Fsp3) is 0.0263. The molecule has 0 aliphatic heterocycles. The van der Waals surface area contributed by atoms with Crippen LogP contribution in [0.2, 0.25) is 0 Å². The molecule has 3 aromatic heterocycles. The number of aromatic nitrogens is 2. The lowest BCUT2D eigenvalue weighted by atomic mass is 10.1. The molecule has 0 fully saturated rings. The van der Waals surface area contributed by atoms with Crippen molar-refractivity contribution < 1.29 is 4.42 Å². The first-order valence-electron chi connectivity index (χ1n) is 14.1. The highest BCUT2D eigenvalue weighted by atomic mass is 16.3. The van der Waals surface area contributed by atoms with E-state index in [4.69, 9.17) is 11.0 Å². The zero-order chi connectivity index (χ0) is 27.9. The zero-order valence-electron chi connectivity index (χ0n) is 22.8. The van der Waals surface area contributed by atoms with E-state index in [2.05, 4.69) is 130 Å². The molecule has 0 unspecified atom stereocenters. The Hall–Kier alpha value is -5.79. The molecule has 6 aromatic carbocycles. The van der Waals surface area contributed by atoms with Gasteiger partial charge in [-0.3, -0.25) is 0 Å². The Labute approximate surface area is 241 Å². The van der Waals surface area contributed by atoms with Crippen LogP contribution in [-0.2, 0) is 0 Å². The van der Waals surface area contributed by atoms with Crippen molar-refractivity contribution in [2.75, 3.05) is 0 Å². The maximum Gasteiger partial charge on any atom is 0.188 e. The standard InChI is InChI=1S/C38H23N3O/c1-23-17-19-32-28(21-23)25-9-3-6-13-31(25)41(32)35-15-7-11-27-37-34(14-8-16-36(37)42-38(27)35)40-30-12-5-4-10-26(30)29-22-24(39-2)18-20-33(29)40/h3-22H,1H3. The summed E-state index contributed by atoms with van der Waals surface area (Å²) in [7, 11) is 0. The van der Waals surface area contributed by atoms with Crippen molar-refractivity contribution in [3.05, 3.63) is 138 Å². The number of nitrogens with zero attached hydrogens (tertiary/aromatic N) is 3. The molecule has 0 amide bonds. The third kappa shape index (κ3) is 3.00. The van der Waals surface area contributed by atoms with Gasteiger partial charge >= 0.3 is 0 Å². The van der Waals surface area contributed by atoms with E-state index in [9.17, 15) is 0 Å². The maximum absolute atomic E-state index is 7.57. The molecule has 0 aliphatic rings. The van der Waals surface area contributed by atoms with Gasteiger partial charge in [0.25, 0.3) is 0 Å². The van der Waals surface area contributed by atoms with E-state index in [1.807, 2.05) is 12.1 Å². The van der Waals surface area contributed by atoms with Crippen LogP contribution in [0, 0.1) is 13.5 Å². The summed E-state index contributed by atoms with van der Waals surface area (Å²) >= 11 is 0. The minimum atomic E-state index is 0.642. The Morgan fingerprint density at radius 1 is 0.548 bits per heavy atom.